The summed E-state index contributed by atoms with van der Waals surface area (Å²) in [4.78, 5) is 24.4. The summed E-state index contributed by atoms with van der Waals surface area (Å²) in [5, 5.41) is 3.53. The van der Waals surface area contributed by atoms with Crippen LogP contribution in [0.15, 0.2) is 59.4 Å². The summed E-state index contributed by atoms with van der Waals surface area (Å²) in [7, 11) is 0. The van der Waals surface area contributed by atoms with Crippen LogP contribution < -0.4 is 10.7 Å². The Morgan fingerprint density at radius 1 is 1.04 bits per heavy atom. The van der Waals surface area contributed by atoms with Crippen LogP contribution in [0.2, 0.25) is 0 Å². The van der Waals surface area contributed by atoms with E-state index in [1.54, 1.807) is 12.1 Å². The van der Waals surface area contributed by atoms with Crippen LogP contribution in [0.1, 0.15) is 11.3 Å². The summed E-state index contributed by atoms with van der Waals surface area (Å²) >= 11 is 0. The van der Waals surface area contributed by atoms with Gasteiger partial charge in [0.1, 0.15) is 6.54 Å². The van der Waals surface area contributed by atoms with E-state index < -0.39 is 0 Å². The second-order valence-electron chi connectivity index (χ2n) is 5.67. The highest BCUT2D eigenvalue weighted by molar-refractivity contribution is 5.92. The van der Waals surface area contributed by atoms with Crippen molar-refractivity contribution in [2.45, 2.75) is 20.4 Å². The summed E-state index contributed by atoms with van der Waals surface area (Å²) in [5.41, 5.74) is 3.39. The second kappa shape index (κ2) is 6.08. The molecule has 1 heterocycles. The predicted molar refractivity (Wildman–Crippen MR) is 92.8 cm³/mol. The maximum absolute atomic E-state index is 12.4. The molecule has 4 heteroatoms. The molecular weight excluding hydrogens is 288 g/mol. The van der Waals surface area contributed by atoms with Crippen molar-refractivity contribution in [3.8, 4) is 0 Å². The Morgan fingerprint density at radius 2 is 1.83 bits per heavy atom. The van der Waals surface area contributed by atoms with Crippen LogP contribution in [0.5, 0.6) is 0 Å². The molecule has 0 saturated carbocycles. The zero-order chi connectivity index (χ0) is 16.4. The minimum Gasteiger partial charge on any atom is -0.335 e. The average molecular weight is 306 g/mol. The van der Waals surface area contributed by atoms with E-state index in [0.717, 1.165) is 22.5 Å². The molecule has 0 fully saturated rings. The lowest BCUT2D eigenvalue weighted by atomic mass is 10.2. The third-order valence-electron chi connectivity index (χ3n) is 3.83. The standard InChI is InChI=1S/C19H18N2O2/c1-13-6-5-7-15(10-13)20-19(23)12-21-14(2)11-18(22)16-8-3-4-9-17(16)21/h3-11H,12H2,1-2H3,(H,20,23). The smallest absolute Gasteiger partial charge is 0.244 e. The fourth-order valence-corrected chi connectivity index (χ4v) is 2.73. The number of carbonyl (C=O) groups is 1. The van der Waals surface area contributed by atoms with Gasteiger partial charge in [0, 0.05) is 22.8 Å². The molecule has 3 rings (SSSR count). The number of fused-ring (bicyclic) bond motifs is 1. The van der Waals surface area contributed by atoms with E-state index in [-0.39, 0.29) is 17.9 Å². The number of nitrogens with one attached hydrogen (secondary N) is 1. The molecule has 0 unspecified atom stereocenters. The summed E-state index contributed by atoms with van der Waals surface area (Å²) in [6.07, 6.45) is 0. The van der Waals surface area contributed by atoms with Crippen LogP contribution in [-0.2, 0) is 11.3 Å². The molecule has 1 N–H and O–H groups in total. The molecule has 0 atom stereocenters. The number of hydrogen-bond acceptors (Lipinski definition) is 2. The number of aromatic nitrogens is 1. The molecule has 0 bridgehead atoms. The van der Waals surface area contributed by atoms with Gasteiger partial charge in [-0.3, -0.25) is 9.59 Å². The van der Waals surface area contributed by atoms with E-state index in [1.807, 2.05) is 60.9 Å². The van der Waals surface area contributed by atoms with E-state index in [1.165, 1.54) is 0 Å². The Labute approximate surface area is 134 Å². The first-order chi connectivity index (χ1) is 11.0. The van der Waals surface area contributed by atoms with Crippen molar-refractivity contribution < 1.29 is 4.79 Å². The number of carbonyl (C=O) groups excluding carboxylic acids is 1. The number of aryl methyl sites for hydroxylation is 2. The SMILES string of the molecule is Cc1cccc(NC(=O)Cn2c(C)cc(=O)c3ccccc32)c1. The van der Waals surface area contributed by atoms with Gasteiger partial charge in [-0.1, -0.05) is 24.3 Å². The van der Waals surface area contributed by atoms with Gasteiger partial charge in [0.15, 0.2) is 5.43 Å². The number of amides is 1. The number of anilines is 1. The summed E-state index contributed by atoms with van der Waals surface area (Å²) < 4.78 is 1.86. The van der Waals surface area contributed by atoms with Crippen molar-refractivity contribution in [2.75, 3.05) is 5.32 Å². The van der Waals surface area contributed by atoms with Crippen molar-refractivity contribution in [2.24, 2.45) is 0 Å². The Kier molecular flexibility index (Phi) is 3.98. The molecule has 0 aliphatic carbocycles. The number of para-hydroxylation sites is 1. The third-order valence-corrected chi connectivity index (χ3v) is 3.83. The van der Waals surface area contributed by atoms with E-state index in [4.69, 9.17) is 0 Å². The average Bonchev–Trinajstić information content (AvgIpc) is 2.51. The van der Waals surface area contributed by atoms with Gasteiger partial charge < -0.3 is 9.88 Å². The van der Waals surface area contributed by atoms with Gasteiger partial charge in [-0.2, -0.15) is 0 Å². The van der Waals surface area contributed by atoms with Gasteiger partial charge in [0.2, 0.25) is 5.91 Å². The molecule has 2 aromatic carbocycles. The molecule has 1 amide bonds. The lowest BCUT2D eigenvalue weighted by Gasteiger charge is -2.14. The van der Waals surface area contributed by atoms with Crippen LogP contribution in [0.25, 0.3) is 10.9 Å². The molecule has 0 spiro atoms. The van der Waals surface area contributed by atoms with Crippen LogP contribution >= 0.6 is 0 Å². The molecule has 1 aromatic heterocycles. The Balaban J connectivity index is 1.92. The summed E-state index contributed by atoms with van der Waals surface area (Å²) in [5.74, 6) is -0.118. The maximum Gasteiger partial charge on any atom is 0.244 e. The maximum atomic E-state index is 12.4. The van der Waals surface area contributed by atoms with Crippen molar-refractivity contribution in [1.82, 2.24) is 4.57 Å². The first-order valence-corrected chi connectivity index (χ1v) is 7.50. The van der Waals surface area contributed by atoms with E-state index in [0.29, 0.717) is 5.39 Å². The van der Waals surface area contributed by atoms with E-state index in [2.05, 4.69) is 5.32 Å². The zero-order valence-electron chi connectivity index (χ0n) is 13.2. The molecule has 23 heavy (non-hydrogen) atoms. The van der Waals surface area contributed by atoms with E-state index in [9.17, 15) is 9.59 Å². The molecule has 0 saturated heterocycles. The van der Waals surface area contributed by atoms with Crippen molar-refractivity contribution in [3.05, 3.63) is 76.1 Å². The topological polar surface area (TPSA) is 51.1 Å². The van der Waals surface area contributed by atoms with Crippen LogP contribution in [0.4, 0.5) is 5.69 Å². The van der Waals surface area contributed by atoms with Crippen molar-refractivity contribution in [1.29, 1.82) is 0 Å². The van der Waals surface area contributed by atoms with Crippen molar-refractivity contribution >= 4 is 22.5 Å². The molecule has 4 nitrogen and oxygen atoms in total. The highest BCUT2D eigenvalue weighted by Gasteiger charge is 2.10. The minimum atomic E-state index is -0.118. The third kappa shape index (κ3) is 3.16. The lowest BCUT2D eigenvalue weighted by Crippen LogP contribution is -2.22. The number of benzene rings is 2. The number of hydrogen-bond donors (Lipinski definition) is 1. The molecule has 116 valence electrons. The fourth-order valence-electron chi connectivity index (χ4n) is 2.73. The Morgan fingerprint density at radius 3 is 2.61 bits per heavy atom. The predicted octanol–water partition coefficient (Wildman–Crippen LogP) is 3.26. The van der Waals surface area contributed by atoms with Gasteiger partial charge in [-0.05, 0) is 43.7 Å². The van der Waals surface area contributed by atoms with Gasteiger partial charge in [0.05, 0.1) is 5.52 Å². The highest BCUT2D eigenvalue weighted by Crippen LogP contribution is 2.14. The number of pyridine rings is 1. The van der Waals surface area contributed by atoms with Gasteiger partial charge in [0.25, 0.3) is 0 Å². The Bertz CT molecular complexity index is 941. The summed E-state index contributed by atoms with van der Waals surface area (Å²) in [6, 6.07) is 16.6. The minimum absolute atomic E-state index is 0.0200. The van der Waals surface area contributed by atoms with Crippen LogP contribution in [0, 0.1) is 13.8 Å². The zero-order valence-corrected chi connectivity index (χ0v) is 13.2. The second-order valence-corrected chi connectivity index (χ2v) is 5.67. The van der Waals surface area contributed by atoms with E-state index >= 15 is 0 Å². The van der Waals surface area contributed by atoms with Crippen LogP contribution in [-0.4, -0.2) is 10.5 Å². The first kappa shape index (κ1) is 15.0. The molecular formula is C19H18N2O2. The van der Waals surface area contributed by atoms with Gasteiger partial charge in [-0.15, -0.1) is 0 Å². The largest absolute Gasteiger partial charge is 0.335 e. The molecule has 0 radical (unpaired) electrons. The van der Waals surface area contributed by atoms with Crippen LogP contribution in [0.3, 0.4) is 0 Å². The van der Waals surface area contributed by atoms with Gasteiger partial charge >= 0.3 is 0 Å². The molecule has 0 aliphatic rings. The van der Waals surface area contributed by atoms with Gasteiger partial charge in [-0.25, -0.2) is 0 Å². The quantitative estimate of drug-likeness (QED) is 0.807. The summed E-state index contributed by atoms with van der Waals surface area (Å²) in [6.45, 7) is 3.99. The number of rotatable bonds is 3. The monoisotopic (exact) mass is 306 g/mol. The lowest BCUT2D eigenvalue weighted by molar-refractivity contribution is -0.116. The fraction of sp³-hybridized carbons (Fsp3) is 0.158. The Hall–Kier alpha value is -2.88. The number of nitrogens with zero attached hydrogens (tertiary/aromatic N) is 1. The highest BCUT2D eigenvalue weighted by atomic mass is 16.2. The molecule has 0 aliphatic heterocycles. The first-order valence-electron chi connectivity index (χ1n) is 7.50. The normalized spacial score (nSPS) is 10.7. The van der Waals surface area contributed by atoms with Crippen molar-refractivity contribution in [3.63, 3.8) is 0 Å². The molecule has 3 aromatic rings.